The zero-order valence-corrected chi connectivity index (χ0v) is 9.26. The number of fused-ring (bicyclic) bond motifs is 4. The van der Waals surface area contributed by atoms with Crippen molar-refractivity contribution in [2.24, 2.45) is 5.92 Å². The zero-order chi connectivity index (χ0) is 12.0. The van der Waals surface area contributed by atoms with E-state index < -0.39 is 10.5 Å². The van der Waals surface area contributed by atoms with E-state index in [4.69, 9.17) is 0 Å². The summed E-state index contributed by atoms with van der Waals surface area (Å²) in [4.78, 5) is 22.1. The molecule has 1 aromatic rings. The lowest BCUT2D eigenvalue weighted by molar-refractivity contribution is -0.386. The topological polar surface area (TPSA) is 77.2 Å². The molecule has 6 nitrogen and oxygen atoms in total. The summed E-state index contributed by atoms with van der Waals surface area (Å²) in [6.45, 7) is 2.35. The van der Waals surface area contributed by atoms with Gasteiger partial charge in [-0.15, -0.1) is 0 Å². The Labute approximate surface area is 97.4 Å². The summed E-state index contributed by atoms with van der Waals surface area (Å²) in [6.07, 6.45) is 1.07. The minimum absolute atomic E-state index is 0.316. The van der Waals surface area contributed by atoms with Gasteiger partial charge in [-0.3, -0.25) is 14.9 Å². The SMILES string of the molecule is O=c1c([N+](=O)[O-])ccc2n1C[C@H]1CNC[C@H]2C1. The molecule has 6 heteroatoms. The van der Waals surface area contributed by atoms with Crippen LogP contribution in [0.15, 0.2) is 16.9 Å². The van der Waals surface area contributed by atoms with Crippen LogP contribution < -0.4 is 10.9 Å². The molecule has 3 rings (SSSR count). The number of hydrogen-bond donors (Lipinski definition) is 1. The lowest BCUT2D eigenvalue weighted by atomic mass is 9.84. The van der Waals surface area contributed by atoms with Gasteiger partial charge in [0.2, 0.25) is 0 Å². The fourth-order valence-electron chi connectivity index (χ4n) is 2.92. The number of nitrogens with one attached hydrogen (secondary N) is 1. The van der Waals surface area contributed by atoms with Gasteiger partial charge in [0, 0.05) is 30.8 Å². The second-order valence-corrected chi connectivity index (χ2v) is 4.77. The van der Waals surface area contributed by atoms with Crippen LogP contribution in [0.5, 0.6) is 0 Å². The van der Waals surface area contributed by atoms with Crippen molar-refractivity contribution < 1.29 is 4.92 Å². The van der Waals surface area contributed by atoms with Crippen LogP contribution in [0.1, 0.15) is 18.0 Å². The largest absolute Gasteiger partial charge is 0.334 e. The molecule has 2 atom stereocenters. The standard InChI is InChI=1S/C11H13N3O3/c15-11-10(14(16)17)2-1-9-8-3-7(4-12-5-8)6-13(9)11/h1-2,7-8,12H,3-6H2/t7-,8-/m1/s1. The third kappa shape index (κ3) is 1.56. The molecule has 0 radical (unpaired) electrons. The van der Waals surface area contributed by atoms with Gasteiger partial charge >= 0.3 is 11.2 Å². The van der Waals surface area contributed by atoms with Gasteiger partial charge in [0.1, 0.15) is 0 Å². The molecule has 0 amide bonds. The van der Waals surface area contributed by atoms with Crippen LogP contribution in [-0.4, -0.2) is 22.6 Å². The van der Waals surface area contributed by atoms with Gasteiger partial charge < -0.3 is 9.88 Å². The molecule has 17 heavy (non-hydrogen) atoms. The van der Waals surface area contributed by atoms with Gasteiger partial charge in [-0.25, -0.2) is 0 Å². The molecule has 0 aromatic carbocycles. The summed E-state index contributed by atoms with van der Waals surface area (Å²) < 4.78 is 1.60. The van der Waals surface area contributed by atoms with Crippen molar-refractivity contribution in [1.82, 2.24) is 9.88 Å². The van der Waals surface area contributed by atoms with E-state index in [-0.39, 0.29) is 5.69 Å². The van der Waals surface area contributed by atoms with Crippen LogP contribution in [-0.2, 0) is 6.54 Å². The van der Waals surface area contributed by atoms with Gasteiger partial charge in [0.05, 0.1) is 4.92 Å². The molecule has 1 saturated heterocycles. The van der Waals surface area contributed by atoms with Crippen LogP contribution in [0.2, 0.25) is 0 Å². The summed E-state index contributed by atoms with van der Waals surface area (Å²) in [7, 11) is 0. The zero-order valence-electron chi connectivity index (χ0n) is 9.26. The Balaban J connectivity index is 2.15. The summed E-state index contributed by atoms with van der Waals surface area (Å²) in [6, 6.07) is 3.07. The number of rotatable bonds is 1. The van der Waals surface area contributed by atoms with E-state index in [9.17, 15) is 14.9 Å². The molecule has 0 aliphatic carbocycles. The average Bonchev–Trinajstić information content (AvgIpc) is 2.30. The van der Waals surface area contributed by atoms with Gasteiger partial charge in [-0.05, 0) is 24.9 Å². The first-order valence-corrected chi connectivity index (χ1v) is 5.75. The van der Waals surface area contributed by atoms with Crippen molar-refractivity contribution >= 4 is 5.69 Å². The van der Waals surface area contributed by atoms with Crippen molar-refractivity contribution in [2.75, 3.05) is 13.1 Å². The highest BCUT2D eigenvalue weighted by Crippen LogP contribution is 2.32. The van der Waals surface area contributed by atoms with Crippen LogP contribution in [0.4, 0.5) is 5.69 Å². The molecular formula is C11H13N3O3. The predicted molar refractivity (Wildman–Crippen MR) is 61.1 cm³/mol. The number of aromatic nitrogens is 1. The fraction of sp³-hybridized carbons (Fsp3) is 0.545. The summed E-state index contributed by atoms with van der Waals surface area (Å²) in [5.41, 5.74) is 0.162. The Morgan fingerprint density at radius 2 is 2.24 bits per heavy atom. The quantitative estimate of drug-likeness (QED) is 0.566. The normalized spacial score (nSPS) is 26.4. The summed E-state index contributed by atoms with van der Waals surface area (Å²) in [5, 5.41) is 14.1. The molecule has 1 aromatic heterocycles. The maximum absolute atomic E-state index is 12.0. The molecule has 0 unspecified atom stereocenters. The highest BCUT2D eigenvalue weighted by Gasteiger charge is 2.32. The second-order valence-electron chi connectivity index (χ2n) is 4.77. The maximum Gasteiger partial charge on any atom is 0.334 e. The Bertz CT molecular complexity index is 537. The predicted octanol–water partition coefficient (Wildman–Crippen LogP) is 0.463. The fourth-order valence-corrected chi connectivity index (χ4v) is 2.92. The molecule has 1 N–H and O–H groups in total. The van der Waals surface area contributed by atoms with Crippen LogP contribution in [0.25, 0.3) is 0 Å². The first-order chi connectivity index (χ1) is 8.16. The average molecular weight is 235 g/mol. The van der Waals surface area contributed by atoms with Gasteiger partial charge in [0.15, 0.2) is 0 Å². The maximum atomic E-state index is 12.0. The van der Waals surface area contributed by atoms with E-state index in [0.29, 0.717) is 18.4 Å². The van der Waals surface area contributed by atoms with E-state index in [1.165, 1.54) is 6.07 Å². The number of hydrogen-bond acceptors (Lipinski definition) is 4. The molecule has 0 saturated carbocycles. The first-order valence-electron chi connectivity index (χ1n) is 5.75. The van der Waals surface area contributed by atoms with Crippen LogP contribution >= 0.6 is 0 Å². The minimum Gasteiger partial charge on any atom is -0.316 e. The Hall–Kier alpha value is -1.69. The van der Waals surface area contributed by atoms with Gasteiger partial charge in [0.25, 0.3) is 0 Å². The third-order valence-electron chi connectivity index (χ3n) is 3.69. The lowest BCUT2D eigenvalue weighted by Gasteiger charge is -2.37. The van der Waals surface area contributed by atoms with Gasteiger partial charge in [-0.2, -0.15) is 0 Å². The first kappa shape index (κ1) is 10.5. The Morgan fingerprint density at radius 1 is 1.41 bits per heavy atom. The Kier molecular flexibility index (Phi) is 2.25. The molecule has 3 heterocycles. The molecule has 2 aliphatic heterocycles. The number of pyridine rings is 1. The number of piperidine rings is 1. The number of nitro groups is 1. The molecule has 90 valence electrons. The Morgan fingerprint density at radius 3 is 3.00 bits per heavy atom. The third-order valence-corrected chi connectivity index (χ3v) is 3.69. The molecule has 2 bridgehead atoms. The highest BCUT2D eigenvalue weighted by molar-refractivity contribution is 5.31. The van der Waals surface area contributed by atoms with Crippen LogP contribution in [0, 0.1) is 16.0 Å². The van der Waals surface area contributed by atoms with E-state index in [2.05, 4.69) is 5.32 Å². The monoisotopic (exact) mass is 235 g/mol. The number of nitrogens with zero attached hydrogens (tertiary/aromatic N) is 2. The van der Waals surface area contributed by atoms with E-state index >= 15 is 0 Å². The van der Waals surface area contributed by atoms with Crippen molar-refractivity contribution in [3.8, 4) is 0 Å². The van der Waals surface area contributed by atoms with Gasteiger partial charge in [-0.1, -0.05) is 0 Å². The van der Waals surface area contributed by atoms with E-state index in [1.807, 2.05) is 0 Å². The summed E-state index contributed by atoms with van der Waals surface area (Å²) in [5.74, 6) is 0.733. The van der Waals surface area contributed by atoms with E-state index in [1.54, 1.807) is 10.6 Å². The van der Waals surface area contributed by atoms with Crippen molar-refractivity contribution in [3.63, 3.8) is 0 Å². The highest BCUT2D eigenvalue weighted by atomic mass is 16.6. The van der Waals surface area contributed by atoms with Crippen molar-refractivity contribution in [1.29, 1.82) is 0 Å². The van der Waals surface area contributed by atoms with E-state index in [0.717, 1.165) is 25.2 Å². The van der Waals surface area contributed by atoms with Crippen LogP contribution in [0.3, 0.4) is 0 Å². The molecule has 0 spiro atoms. The minimum atomic E-state index is -0.599. The van der Waals surface area contributed by atoms with Crippen molar-refractivity contribution in [3.05, 3.63) is 38.3 Å². The van der Waals surface area contributed by atoms with Crippen molar-refractivity contribution in [2.45, 2.75) is 18.9 Å². The second kappa shape index (κ2) is 3.66. The molecule has 2 aliphatic rings. The molecular weight excluding hydrogens is 222 g/mol. The molecule has 1 fully saturated rings. The smallest absolute Gasteiger partial charge is 0.316 e. The lowest BCUT2D eigenvalue weighted by Crippen LogP contribution is -2.45. The summed E-state index contributed by atoms with van der Waals surface area (Å²) >= 11 is 0.